The fourth-order valence-corrected chi connectivity index (χ4v) is 2.33. The van der Waals surface area contributed by atoms with Crippen LogP contribution in [0.5, 0.6) is 0 Å². The largest absolute Gasteiger partial charge is 0.353 e. The number of rotatable bonds is 7. The first kappa shape index (κ1) is 16.0. The van der Waals surface area contributed by atoms with Gasteiger partial charge in [0.15, 0.2) is 0 Å². The molecule has 0 aliphatic carbocycles. The van der Waals surface area contributed by atoms with Crippen molar-refractivity contribution in [2.24, 2.45) is 0 Å². The van der Waals surface area contributed by atoms with Gasteiger partial charge in [0.2, 0.25) is 11.8 Å². The molecular formula is C14H27N3O2. The molecule has 5 nitrogen and oxygen atoms in total. The van der Waals surface area contributed by atoms with Gasteiger partial charge in [-0.2, -0.15) is 0 Å². The minimum atomic E-state index is -0.0394. The number of hydrogen-bond donors (Lipinski definition) is 1. The third-order valence-electron chi connectivity index (χ3n) is 3.65. The molecule has 0 spiro atoms. The van der Waals surface area contributed by atoms with Crippen molar-refractivity contribution in [1.29, 1.82) is 0 Å². The Labute approximate surface area is 116 Å². The molecule has 0 unspecified atom stereocenters. The molecule has 0 radical (unpaired) electrons. The maximum absolute atomic E-state index is 11.8. The van der Waals surface area contributed by atoms with Crippen molar-refractivity contribution in [2.45, 2.75) is 39.5 Å². The van der Waals surface area contributed by atoms with Gasteiger partial charge in [0, 0.05) is 26.1 Å². The van der Waals surface area contributed by atoms with Gasteiger partial charge < -0.3 is 15.1 Å². The van der Waals surface area contributed by atoms with Gasteiger partial charge in [-0.1, -0.05) is 20.3 Å². The van der Waals surface area contributed by atoms with Crippen LogP contribution >= 0.6 is 0 Å². The van der Waals surface area contributed by atoms with E-state index in [2.05, 4.69) is 24.1 Å². The average molecular weight is 269 g/mol. The van der Waals surface area contributed by atoms with E-state index >= 15 is 0 Å². The average Bonchev–Trinajstić information content (AvgIpc) is 2.60. The van der Waals surface area contributed by atoms with Gasteiger partial charge in [-0.3, -0.25) is 9.59 Å². The summed E-state index contributed by atoms with van der Waals surface area (Å²) >= 11 is 0. The zero-order valence-corrected chi connectivity index (χ0v) is 12.3. The second-order valence-electron chi connectivity index (χ2n) is 5.00. The Bertz CT molecular complexity index is 290. The number of likely N-dealkylation sites (N-methyl/N-ethyl adjacent to an activating group) is 1. The molecule has 0 atom stereocenters. The second kappa shape index (κ2) is 8.91. The zero-order chi connectivity index (χ0) is 14.1. The molecule has 110 valence electrons. The van der Waals surface area contributed by atoms with Crippen LogP contribution in [0.2, 0.25) is 0 Å². The summed E-state index contributed by atoms with van der Waals surface area (Å²) in [6.45, 7) is 8.69. The highest BCUT2D eigenvalue weighted by Gasteiger charge is 2.18. The van der Waals surface area contributed by atoms with Crippen LogP contribution < -0.4 is 5.32 Å². The molecule has 1 N–H and O–H groups in total. The molecule has 0 saturated carbocycles. The Kier molecular flexibility index (Phi) is 7.48. The predicted molar refractivity (Wildman–Crippen MR) is 75.8 cm³/mol. The molecule has 1 aliphatic heterocycles. The fourth-order valence-electron chi connectivity index (χ4n) is 2.33. The van der Waals surface area contributed by atoms with E-state index in [1.807, 2.05) is 0 Å². The highest BCUT2D eigenvalue weighted by atomic mass is 16.2. The molecule has 19 heavy (non-hydrogen) atoms. The Balaban J connectivity index is 2.24. The molecule has 0 aromatic carbocycles. The van der Waals surface area contributed by atoms with Crippen molar-refractivity contribution in [2.75, 3.05) is 39.3 Å². The Hall–Kier alpha value is -1.10. The maximum atomic E-state index is 11.8. The van der Waals surface area contributed by atoms with Crippen LogP contribution in [0.15, 0.2) is 0 Å². The summed E-state index contributed by atoms with van der Waals surface area (Å²) in [5, 5.41) is 2.90. The topological polar surface area (TPSA) is 52.7 Å². The molecule has 0 aromatic rings. The van der Waals surface area contributed by atoms with E-state index in [1.54, 1.807) is 4.90 Å². The number of hydrogen-bond acceptors (Lipinski definition) is 3. The summed E-state index contributed by atoms with van der Waals surface area (Å²) in [6.07, 6.45) is 3.65. The molecule has 0 bridgehead atoms. The van der Waals surface area contributed by atoms with Crippen molar-refractivity contribution in [3.05, 3.63) is 0 Å². The lowest BCUT2D eigenvalue weighted by Crippen LogP contribution is -2.42. The molecule has 1 aliphatic rings. The SMILES string of the molecule is CCN(CC)CCNC(=O)CN1CCCCCC1=O. The van der Waals surface area contributed by atoms with Crippen LogP contribution in [0.3, 0.4) is 0 Å². The molecule has 1 rings (SSSR count). The van der Waals surface area contributed by atoms with Gasteiger partial charge >= 0.3 is 0 Å². The van der Waals surface area contributed by atoms with Crippen LogP contribution in [0, 0.1) is 0 Å². The Morgan fingerprint density at radius 3 is 2.68 bits per heavy atom. The Morgan fingerprint density at radius 1 is 1.26 bits per heavy atom. The lowest BCUT2D eigenvalue weighted by molar-refractivity contribution is -0.135. The number of likely N-dealkylation sites (tertiary alicyclic amines) is 1. The lowest BCUT2D eigenvalue weighted by atomic mass is 10.2. The van der Waals surface area contributed by atoms with Crippen LogP contribution in [0.1, 0.15) is 39.5 Å². The van der Waals surface area contributed by atoms with E-state index in [4.69, 9.17) is 0 Å². The number of nitrogens with zero attached hydrogens (tertiary/aromatic N) is 2. The normalized spacial score (nSPS) is 16.6. The third-order valence-corrected chi connectivity index (χ3v) is 3.65. The first-order chi connectivity index (χ1) is 9.17. The smallest absolute Gasteiger partial charge is 0.239 e. The van der Waals surface area contributed by atoms with E-state index in [-0.39, 0.29) is 18.4 Å². The summed E-state index contributed by atoms with van der Waals surface area (Å²) < 4.78 is 0. The van der Waals surface area contributed by atoms with Crippen LogP contribution in [0.25, 0.3) is 0 Å². The first-order valence-corrected chi connectivity index (χ1v) is 7.44. The van der Waals surface area contributed by atoms with Gasteiger partial charge in [-0.15, -0.1) is 0 Å². The van der Waals surface area contributed by atoms with Gasteiger partial charge in [-0.05, 0) is 25.9 Å². The molecule has 1 saturated heterocycles. The monoisotopic (exact) mass is 269 g/mol. The minimum absolute atomic E-state index is 0.0394. The highest BCUT2D eigenvalue weighted by Crippen LogP contribution is 2.10. The van der Waals surface area contributed by atoms with Gasteiger partial charge in [0.1, 0.15) is 0 Å². The van der Waals surface area contributed by atoms with Crippen molar-refractivity contribution in [1.82, 2.24) is 15.1 Å². The molecule has 1 fully saturated rings. The van der Waals surface area contributed by atoms with Crippen LogP contribution in [-0.2, 0) is 9.59 Å². The predicted octanol–water partition coefficient (Wildman–Crippen LogP) is 0.847. The standard InChI is InChI=1S/C14H27N3O2/c1-3-16(4-2)11-9-15-13(18)12-17-10-7-5-6-8-14(17)19/h3-12H2,1-2H3,(H,15,18). The van der Waals surface area contributed by atoms with Gasteiger partial charge in [0.25, 0.3) is 0 Å². The summed E-state index contributed by atoms with van der Waals surface area (Å²) in [7, 11) is 0. The number of amides is 2. The molecule has 5 heteroatoms. The summed E-state index contributed by atoms with van der Waals surface area (Å²) in [5.74, 6) is 0.0822. The fraction of sp³-hybridized carbons (Fsp3) is 0.857. The summed E-state index contributed by atoms with van der Waals surface area (Å²) in [6, 6.07) is 0. The number of carbonyl (C=O) groups excluding carboxylic acids is 2. The van der Waals surface area contributed by atoms with E-state index in [1.165, 1.54) is 0 Å². The molecular weight excluding hydrogens is 242 g/mol. The van der Waals surface area contributed by atoms with Crippen LogP contribution in [-0.4, -0.2) is 60.9 Å². The number of nitrogens with one attached hydrogen (secondary N) is 1. The first-order valence-electron chi connectivity index (χ1n) is 7.44. The van der Waals surface area contributed by atoms with E-state index in [0.29, 0.717) is 13.0 Å². The Morgan fingerprint density at radius 2 is 2.00 bits per heavy atom. The van der Waals surface area contributed by atoms with Crippen molar-refractivity contribution < 1.29 is 9.59 Å². The van der Waals surface area contributed by atoms with Gasteiger partial charge in [-0.25, -0.2) is 0 Å². The minimum Gasteiger partial charge on any atom is -0.353 e. The summed E-state index contributed by atoms with van der Waals surface area (Å²) in [5.41, 5.74) is 0. The van der Waals surface area contributed by atoms with Crippen molar-refractivity contribution in [3.63, 3.8) is 0 Å². The van der Waals surface area contributed by atoms with E-state index in [9.17, 15) is 9.59 Å². The molecule has 2 amide bonds. The van der Waals surface area contributed by atoms with Gasteiger partial charge in [0.05, 0.1) is 6.54 Å². The number of carbonyl (C=O) groups is 2. The highest BCUT2D eigenvalue weighted by molar-refractivity contribution is 5.84. The third kappa shape index (κ3) is 6.05. The molecule has 0 aromatic heterocycles. The summed E-state index contributed by atoms with van der Waals surface area (Å²) in [4.78, 5) is 27.5. The van der Waals surface area contributed by atoms with Crippen molar-refractivity contribution in [3.8, 4) is 0 Å². The van der Waals surface area contributed by atoms with E-state index < -0.39 is 0 Å². The zero-order valence-electron chi connectivity index (χ0n) is 12.3. The van der Waals surface area contributed by atoms with E-state index in [0.717, 1.165) is 45.4 Å². The lowest BCUT2D eigenvalue weighted by Gasteiger charge is -2.21. The quantitative estimate of drug-likeness (QED) is 0.745. The molecule has 1 heterocycles. The van der Waals surface area contributed by atoms with Crippen molar-refractivity contribution >= 4 is 11.8 Å². The van der Waals surface area contributed by atoms with Crippen LogP contribution in [0.4, 0.5) is 0 Å². The second-order valence-corrected chi connectivity index (χ2v) is 5.00. The maximum Gasteiger partial charge on any atom is 0.239 e.